The molecule has 114 valence electrons. The van der Waals surface area contributed by atoms with Gasteiger partial charge in [0.25, 0.3) is 5.91 Å². The van der Waals surface area contributed by atoms with Crippen molar-refractivity contribution < 1.29 is 19.1 Å². The molecule has 1 aliphatic heterocycles. The van der Waals surface area contributed by atoms with E-state index < -0.39 is 5.97 Å². The number of nitrogens with zero attached hydrogens (tertiary/aromatic N) is 2. The van der Waals surface area contributed by atoms with Crippen LogP contribution in [-0.2, 0) is 9.53 Å². The molecule has 1 aliphatic rings. The van der Waals surface area contributed by atoms with Crippen molar-refractivity contribution in [2.45, 2.75) is 13.3 Å². The molecule has 0 unspecified atom stereocenters. The molecular weight excluding hydrogens is 292 g/mol. The Bertz CT molecular complexity index is 555. The topological polar surface area (TPSA) is 66.9 Å². The van der Waals surface area contributed by atoms with Crippen molar-refractivity contribution in [2.24, 2.45) is 0 Å². The Morgan fingerprint density at radius 3 is 2.33 bits per heavy atom. The molecule has 21 heavy (non-hydrogen) atoms. The van der Waals surface area contributed by atoms with E-state index in [1.54, 1.807) is 28.9 Å². The highest BCUT2D eigenvalue weighted by molar-refractivity contribution is 7.15. The fourth-order valence-corrected chi connectivity index (χ4v) is 3.15. The molecule has 1 fully saturated rings. The molecule has 2 amide bonds. The van der Waals surface area contributed by atoms with E-state index in [9.17, 15) is 14.4 Å². The lowest BCUT2D eigenvalue weighted by atomic mass is 10.3. The van der Waals surface area contributed by atoms with Crippen LogP contribution in [0.4, 0.5) is 0 Å². The van der Waals surface area contributed by atoms with Gasteiger partial charge in [-0.05, 0) is 18.6 Å². The molecule has 6 nitrogen and oxygen atoms in total. The Kier molecular flexibility index (Phi) is 4.95. The highest BCUT2D eigenvalue weighted by Crippen LogP contribution is 2.20. The Balaban J connectivity index is 2.04. The largest absolute Gasteiger partial charge is 0.465 e. The summed E-state index contributed by atoms with van der Waals surface area (Å²) >= 11 is 1.13. The summed E-state index contributed by atoms with van der Waals surface area (Å²) in [6, 6.07) is 3.25. The van der Waals surface area contributed by atoms with Gasteiger partial charge in [-0.25, -0.2) is 4.79 Å². The number of amides is 2. The lowest BCUT2D eigenvalue weighted by Crippen LogP contribution is -2.36. The van der Waals surface area contributed by atoms with Crippen molar-refractivity contribution in [2.75, 3.05) is 33.3 Å². The third-order valence-electron chi connectivity index (χ3n) is 3.43. The Morgan fingerprint density at radius 2 is 1.67 bits per heavy atom. The molecule has 0 aliphatic carbocycles. The fourth-order valence-electron chi connectivity index (χ4n) is 2.25. The minimum absolute atomic E-state index is 0.0356. The zero-order chi connectivity index (χ0) is 15.4. The summed E-state index contributed by atoms with van der Waals surface area (Å²) in [5, 5.41) is 0. The van der Waals surface area contributed by atoms with Crippen LogP contribution in [0.2, 0.25) is 0 Å². The fraction of sp³-hybridized carbons (Fsp3) is 0.500. The summed E-state index contributed by atoms with van der Waals surface area (Å²) in [6.07, 6.45) is 0.764. The number of carbonyl (C=O) groups excluding carboxylic acids is 3. The van der Waals surface area contributed by atoms with Crippen LogP contribution in [0.15, 0.2) is 12.1 Å². The molecule has 1 saturated heterocycles. The van der Waals surface area contributed by atoms with Crippen LogP contribution in [0.3, 0.4) is 0 Å². The van der Waals surface area contributed by atoms with Crippen LogP contribution >= 0.6 is 11.3 Å². The smallest absolute Gasteiger partial charge is 0.348 e. The van der Waals surface area contributed by atoms with Gasteiger partial charge < -0.3 is 14.5 Å². The van der Waals surface area contributed by atoms with Gasteiger partial charge >= 0.3 is 5.97 Å². The van der Waals surface area contributed by atoms with Gasteiger partial charge in [0.2, 0.25) is 5.91 Å². The number of hydrogen-bond donors (Lipinski definition) is 0. The van der Waals surface area contributed by atoms with Crippen molar-refractivity contribution in [3.8, 4) is 0 Å². The first-order valence-corrected chi connectivity index (χ1v) is 7.57. The average Bonchev–Trinajstić information content (AvgIpc) is 2.83. The lowest BCUT2D eigenvalue weighted by molar-refractivity contribution is -0.128. The first-order chi connectivity index (χ1) is 10.0. The quantitative estimate of drug-likeness (QED) is 0.771. The van der Waals surface area contributed by atoms with Gasteiger partial charge in [-0.2, -0.15) is 0 Å². The van der Waals surface area contributed by atoms with Gasteiger partial charge in [0, 0.05) is 33.1 Å². The SMILES string of the molecule is COC(=O)c1ccc(C(=O)N2CCCN(C(C)=O)CC2)s1. The van der Waals surface area contributed by atoms with Crippen LogP contribution in [0.1, 0.15) is 32.7 Å². The molecule has 0 saturated carbocycles. The molecule has 0 atom stereocenters. The molecule has 2 rings (SSSR count). The first kappa shape index (κ1) is 15.5. The molecule has 0 spiro atoms. The molecule has 0 aromatic carbocycles. The monoisotopic (exact) mass is 310 g/mol. The predicted octanol–water partition coefficient (Wildman–Crippen LogP) is 1.23. The number of methoxy groups -OCH3 is 1. The molecule has 0 bridgehead atoms. The average molecular weight is 310 g/mol. The van der Waals surface area contributed by atoms with Crippen LogP contribution in [-0.4, -0.2) is 60.9 Å². The van der Waals surface area contributed by atoms with Gasteiger partial charge in [-0.15, -0.1) is 11.3 Å². The van der Waals surface area contributed by atoms with Gasteiger partial charge in [-0.3, -0.25) is 9.59 Å². The standard InChI is InChI=1S/C14H18N2O4S/c1-10(17)15-6-3-7-16(9-8-15)13(18)11-4-5-12(21-11)14(19)20-2/h4-5H,3,6-9H2,1-2H3. The first-order valence-electron chi connectivity index (χ1n) is 6.76. The van der Waals surface area contributed by atoms with E-state index >= 15 is 0 Å². The Hall–Kier alpha value is -1.89. The van der Waals surface area contributed by atoms with E-state index in [4.69, 9.17) is 0 Å². The maximum absolute atomic E-state index is 12.4. The van der Waals surface area contributed by atoms with Crippen LogP contribution < -0.4 is 0 Å². The number of carbonyl (C=O) groups is 3. The van der Waals surface area contributed by atoms with E-state index in [1.165, 1.54) is 7.11 Å². The molecule has 2 heterocycles. The number of esters is 1. The number of thiophene rings is 1. The molecule has 1 aromatic heterocycles. The van der Waals surface area contributed by atoms with Gasteiger partial charge in [0.15, 0.2) is 0 Å². The van der Waals surface area contributed by atoms with Crippen molar-refractivity contribution in [1.82, 2.24) is 9.80 Å². The summed E-state index contributed by atoms with van der Waals surface area (Å²) in [4.78, 5) is 39.7. The summed E-state index contributed by atoms with van der Waals surface area (Å²) in [5.41, 5.74) is 0. The zero-order valence-corrected chi connectivity index (χ0v) is 12.9. The predicted molar refractivity (Wildman–Crippen MR) is 78.4 cm³/mol. The van der Waals surface area contributed by atoms with E-state index in [0.717, 1.165) is 17.8 Å². The second-order valence-corrected chi connectivity index (χ2v) is 5.89. The van der Waals surface area contributed by atoms with Gasteiger partial charge in [0.1, 0.15) is 4.88 Å². The summed E-state index contributed by atoms with van der Waals surface area (Å²) < 4.78 is 4.64. The minimum atomic E-state index is -0.433. The second-order valence-electron chi connectivity index (χ2n) is 4.81. The molecular formula is C14H18N2O4S. The summed E-state index contributed by atoms with van der Waals surface area (Å²) in [6.45, 7) is 3.91. The zero-order valence-electron chi connectivity index (χ0n) is 12.1. The van der Waals surface area contributed by atoms with Gasteiger partial charge in [-0.1, -0.05) is 0 Å². The lowest BCUT2D eigenvalue weighted by Gasteiger charge is -2.20. The third kappa shape index (κ3) is 3.60. The number of rotatable bonds is 2. The Labute approximate surface area is 127 Å². The maximum atomic E-state index is 12.4. The second kappa shape index (κ2) is 6.71. The van der Waals surface area contributed by atoms with Crippen LogP contribution in [0.25, 0.3) is 0 Å². The van der Waals surface area contributed by atoms with E-state index in [-0.39, 0.29) is 11.8 Å². The molecule has 1 aromatic rings. The van der Waals surface area contributed by atoms with Crippen LogP contribution in [0, 0.1) is 0 Å². The highest BCUT2D eigenvalue weighted by atomic mass is 32.1. The normalized spacial score (nSPS) is 15.5. The minimum Gasteiger partial charge on any atom is -0.465 e. The van der Waals surface area contributed by atoms with Crippen molar-refractivity contribution in [1.29, 1.82) is 0 Å². The molecule has 0 N–H and O–H groups in total. The van der Waals surface area contributed by atoms with E-state index in [1.807, 2.05) is 0 Å². The highest BCUT2D eigenvalue weighted by Gasteiger charge is 2.23. The van der Waals surface area contributed by atoms with E-state index in [0.29, 0.717) is 35.9 Å². The van der Waals surface area contributed by atoms with Crippen molar-refractivity contribution >= 4 is 29.1 Å². The summed E-state index contributed by atoms with van der Waals surface area (Å²) in [7, 11) is 1.31. The Morgan fingerprint density at radius 1 is 1.05 bits per heavy atom. The molecule has 7 heteroatoms. The van der Waals surface area contributed by atoms with E-state index in [2.05, 4.69) is 4.74 Å². The summed E-state index contributed by atoms with van der Waals surface area (Å²) in [5.74, 6) is -0.494. The van der Waals surface area contributed by atoms with Gasteiger partial charge in [0.05, 0.1) is 12.0 Å². The molecule has 0 radical (unpaired) electrons. The van der Waals surface area contributed by atoms with Crippen molar-refractivity contribution in [3.63, 3.8) is 0 Å². The van der Waals surface area contributed by atoms with Crippen LogP contribution in [0.5, 0.6) is 0 Å². The number of ether oxygens (including phenoxy) is 1. The number of hydrogen-bond acceptors (Lipinski definition) is 5. The third-order valence-corrected chi connectivity index (χ3v) is 4.49. The van der Waals surface area contributed by atoms with Crippen molar-refractivity contribution in [3.05, 3.63) is 21.9 Å². The maximum Gasteiger partial charge on any atom is 0.348 e.